The van der Waals surface area contributed by atoms with Crippen LogP contribution in [0.3, 0.4) is 0 Å². The lowest BCUT2D eigenvalue weighted by molar-refractivity contribution is -0.147. The number of alkyl halides is 3. The van der Waals surface area contributed by atoms with Gasteiger partial charge in [-0.15, -0.1) is 11.8 Å². The van der Waals surface area contributed by atoms with Gasteiger partial charge in [0.2, 0.25) is 0 Å². The number of ether oxygens (including phenoxy) is 1. The molecule has 0 atom stereocenters. The number of carboxylic acids is 1. The predicted octanol–water partition coefficient (Wildman–Crippen LogP) is 9.29. The number of hydrogen-bond donors (Lipinski definition) is 1. The largest absolute Gasteiger partial charge is 0.487 e. The third-order valence-corrected chi connectivity index (χ3v) is 8.70. The van der Waals surface area contributed by atoms with Gasteiger partial charge in [0.25, 0.3) is 0 Å². The number of carboxylic acid groups (broad SMARTS) is 1. The van der Waals surface area contributed by atoms with Crippen LogP contribution in [0.4, 0.5) is 13.2 Å². The lowest BCUT2D eigenvalue weighted by atomic mass is 9.88. The lowest BCUT2D eigenvalue weighted by Crippen LogP contribution is -2.28. The second kappa shape index (κ2) is 12.8. The van der Waals surface area contributed by atoms with Crippen molar-refractivity contribution in [3.05, 3.63) is 108 Å². The monoisotopic (exact) mass is 647 g/mol. The van der Waals surface area contributed by atoms with E-state index in [1.807, 2.05) is 48.5 Å². The fraction of sp³-hybridized carbons (Fsp3) is 0.306. The van der Waals surface area contributed by atoms with E-state index in [4.69, 9.17) is 4.74 Å². The molecule has 0 spiro atoms. The highest BCUT2D eigenvalue weighted by molar-refractivity contribution is 8.00. The molecule has 0 aliphatic rings. The summed E-state index contributed by atoms with van der Waals surface area (Å²) in [6, 6.07) is 22.7. The summed E-state index contributed by atoms with van der Waals surface area (Å²) in [6.07, 6.45) is -2.53. The van der Waals surface area contributed by atoms with Crippen LogP contribution >= 0.6 is 11.8 Å². The maximum absolute atomic E-state index is 13.3. The van der Waals surface area contributed by atoms with Gasteiger partial charge in [-0.05, 0) is 61.9 Å². The number of aromatic nitrogens is 3. The molecule has 0 radical (unpaired) electrons. The number of rotatable bonds is 10. The topological polar surface area (TPSA) is 77.2 Å². The van der Waals surface area contributed by atoms with Crippen molar-refractivity contribution in [2.45, 2.75) is 70.0 Å². The molecule has 240 valence electrons. The van der Waals surface area contributed by atoms with Crippen molar-refractivity contribution in [2.75, 3.05) is 0 Å². The van der Waals surface area contributed by atoms with Crippen LogP contribution in [-0.2, 0) is 30.5 Å². The number of pyridine rings is 2. The van der Waals surface area contributed by atoms with Gasteiger partial charge in [-0.1, -0.05) is 57.2 Å². The van der Waals surface area contributed by atoms with Crippen LogP contribution in [-0.4, -0.2) is 30.4 Å². The number of halogens is 3. The molecule has 0 amide bonds. The molecule has 0 bridgehead atoms. The molecule has 0 fully saturated rings. The van der Waals surface area contributed by atoms with E-state index in [2.05, 4.69) is 35.3 Å². The number of thioether (sulfide) groups is 1. The van der Waals surface area contributed by atoms with Crippen LogP contribution in [0.2, 0.25) is 0 Å². The minimum Gasteiger partial charge on any atom is -0.487 e. The SMILES string of the molecule is CC(C)(C)Sc1c(CC(C)(C)C(=O)O)n(Cc2ccc(-c3cccc(C(F)(F)F)n3)cc2)c2ccc(OCc3ccccn3)cc12. The van der Waals surface area contributed by atoms with Crippen LogP contribution in [0.15, 0.2) is 90.0 Å². The summed E-state index contributed by atoms with van der Waals surface area (Å²) in [5.74, 6) is -0.221. The van der Waals surface area contributed by atoms with Crippen molar-refractivity contribution in [3.63, 3.8) is 0 Å². The summed E-state index contributed by atoms with van der Waals surface area (Å²) < 4.78 is 47.9. The molecule has 1 N–H and O–H groups in total. The molecule has 10 heteroatoms. The van der Waals surface area contributed by atoms with E-state index in [1.54, 1.807) is 50.0 Å². The molecule has 0 aliphatic carbocycles. The van der Waals surface area contributed by atoms with Crippen molar-refractivity contribution < 1.29 is 27.8 Å². The Kier molecular flexibility index (Phi) is 9.22. The summed E-state index contributed by atoms with van der Waals surface area (Å²) >= 11 is 1.69. The first-order chi connectivity index (χ1) is 21.6. The normalized spacial score (nSPS) is 12.4. The van der Waals surface area contributed by atoms with E-state index < -0.39 is 23.3 Å². The van der Waals surface area contributed by atoms with Gasteiger partial charge in [-0.3, -0.25) is 9.78 Å². The molecule has 0 saturated heterocycles. The second-order valence-electron chi connectivity index (χ2n) is 12.8. The van der Waals surface area contributed by atoms with Crippen molar-refractivity contribution >= 4 is 28.6 Å². The van der Waals surface area contributed by atoms with Gasteiger partial charge in [-0.2, -0.15) is 13.2 Å². The van der Waals surface area contributed by atoms with Gasteiger partial charge in [0, 0.05) is 51.0 Å². The highest BCUT2D eigenvalue weighted by atomic mass is 32.2. The summed E-state index contributed by atoms with van der Waals surface area (Å²) in [5, 5.41) is 11.1. The maximum Gasteiger partial charge on any atom is 0.433 e. The highest BCUT2D eigenvalue weighted by Gasteiger charge is 2.34. The van der Waals surface area contributed by atoms with Crippen LogP contribution in [0.1, 0.15) is 57.3 Å². The van der Waals surface area contributed by atoms with Gasteiger partial charge in [0.1, 0.15) is 18.1 Å². The van der Waals surface area contributed by atoms with E-state index in [-0.39, 0.29) is 16.9 Å². The summed E-state index contributed by atoms with van der Waals surface area (Å²) in [6.45, 7) is 10.5. The van der Waals surface area contributed by atoms with Gasteiger partial charge in [0.05, 0.1) is 16.8 Å². The Morgan fingerprint density at radius 2 is 1.67 bits per heavy atom. The standard InChI is InChI=1S/C36H36F3N3O3S/c1-34(2,3)46-32-27-19-26(45-22-25-9-6-7-18-40-25)16-17-29(27)42(30(32)20-35(4,5)33(43)44)21-23-12-14-24(15-13-23)28-10-8-11-31(41-28)36(37,38)39/h6-19H,20-22H2,1-5H3,(H,43,44). The van der Waals surface area contributed by atoms with Gasteiger partial charge >= 0.3 is 12.1 Å². The fourth-order valence-corrected chi connectivity index (χ4v) is 6.26. The zero-order valence-corrected chi connectivity index (χ0v) is 27.2. The molecule has 5 aromatic rings. The third kappa shape index (κ3) is 7.73. The Morgan fingerprint density at radius 1 is 0.935 bits per heavy atom. The van der Waals surface area contributed by atoms with E-state index in [9.17, 15) is 23.1 Å². The summed E-state index contributed by atoms with van der Waals surface area (Å²) in [4.78, 5) is 21.5. The summed E-state index contributed by atoms with van der Waals surface area (Å²) in [5.41, 5.74) is 2.35. The number of hydrogen-bond acceptors (Lipinski definition) is 5. The quantitative estimate of drug-likeness (QED) is 0.152. The number of benzene rings is 2. The van der Waals surface area contributed by atoms with Crippen LogP contribution < -0.4 is 4.74 Å². The van der Waals surface area contributed by atoms with Crippen molar-refractivity contribution in [1.29, 1.82) is 0 Å². The van der Waals surface area contributed by atoms with E-state index in [0.717, 1.165) is 38.8 Å². The minimum absolute atomic E-state index is 0.175. The van der Waals surface area contributed by atoms with Crippen molar-refractivity contribution in [1.82, 2.24) is 14.5 Å². The van der Waals surface area contributed by atoms with E-state index in [0.29, 0.717) is 24.5 Å². The van der Waals surface area contributed by atoms with Crippen LogP contribution in [0.5, 0.6) is 5.75 Å². The average Bonchev–Trinajstić information content (AvgIpc) is 3.25. The second-order valence-corrected chi connectivity index (χ2v) is 14.7. The Hall–Kier alpha value is -4.31. The first-order valence-corrected chi connectivity index (χ1v) is 15.7. The lowest BCUT2D eigenvalue weighted by Gasteiger charge is -2.24. The highest BCUT2D eigenvalue weighted by Crippen LogP contribution is 2.44. The predicted molar refractivity (Wildman–Crippen MR) is 175 cm³/mol. The molecule has 0 saturated carbocycles. The molecule has 46 heavy (non-hydrogen) atoms. The smallest absolute Gasteiger partial charge is 0.433 e. The van der Waals surface area contributed by atoms with Crippen molar-refractivity contribution in [3.8, 4) is 17.0 Å². The number of nitrogens with zero attached hydrogens (tertiary/aromatic N) is 3. The van der Waals surface area contributed by atoms with Gasteiger partial charge in [0.15, 0.2) is 0 Å². The number of carbonyl (C=O) groups is 1. The average molecular weight is 648 g/mol. The Balaban J connectivity index is 1.57. The first-order valence-electron chi connectivity index (χ1n) is 14.8. The Bertz CT molecular complexity index is 1840. The maximum atomic E-state index is 13.3. The number of fused-ring (bicyclic) bond motifs is 1. The third-order valence-electron chi connectivity index (χ3n) is 7.43. The molecule has 3 heterocycles. The number of aliphatic carboxylic acids is 1. The molecule has 5 rings (SSSR count). The fourth-order valence-electron chi connectivity index (χ4n) is 5.07. The molecule has 6 nitrogen and oxygen atoms in total. The molecule has 2 aromatic carbocycles. The molecule has 0 unspecified atom stereocenters. The first kappa shape index (κ1) is 33.1. The molecular weight excluding hydrogens is 611 g/mol. The van der Waals surface area contributed by atoms with Gasteiger partial charge < -0.3 is 14.4 Å². The van der Waals surface area contributed by atoms with Gasteiger partial charge in [-0.25, -0.2) is 4.98 Å². The Morgan fingerprint density at radius 3 is 2.30 bits per heavy atom. The van der Waals surface area contributed by atoms with Crippen molar-refractivity contribution in [2.24, 2.45) is 5.41 Å². The summed E-state index contributed by atoms with van der Waals surface area (Å²) in [7, 11) is 0. The minimum atomic E-state index is -4.53. The Labute approximate surface area is 270 Å². The van der Waals surface area contributed by atoms with Crippen LogP contribution in [0, 0.1) is 5.41 Å². The van der Waals surface area contributed by atoms with Crippen LogP contribution in [0.25, 0.3) is 22.2 Å². The molecule has 3 aromatic heterocycles. The van der Waals surface area contributed by atoms with E-state index >= 15 is 0 Å². The zero-order chi connectivity index (χ0) is 33.3. The molecule has 0 aliphatic heterocycles. The zero-order valence-electron chi connectivity index (χ0n) is 26.4. The van der Waals surface area contributed by atoms with E-state index in [1.165, 1.54) is 6.07 Å². The molecular formula is C36H36F3N3O3S.